The summed E-state index contributed by atoms with van der Waals surface area (Å²) in [7, 11) is 0. The lowest BCUT2D eigenvalue weighted by Gasteiger charge is -2.03. The number of rotatable bonds is 1. The number of nitrogens with two attached hydrogens (primary N) is 1. The third-order valence-corrected chi connectivity index (χ3v) is 3.20. The molecule has 2 heterocycles. The average Bonchev–Trinajstić information content (AvgIpc) is 2.81. The fraction of sp³-hybridized carbons (Fsp3) is 0.308. The summed E-state index contributed by atoms with van der Waals surface area (Å²) in [5.41, 5.74) is 11.4. The summed E-state index contributed by atoms with van der Waals surface area (Å²) < 4.78 is 2.11. The van der Waals surface area contributed by atoms with Crippen LogP contribution in [0.2, 0.25) is 0 Å². The molecule has 3 rings (SSSR count). The Kier molecular flexibility index (Phi) is 1.99. The van der Waals surface area contributed by atoms with Crippen LogP contribution >= 0.6 is 0 Å². The number of fused-ring (bicyclic) bond motifs is 1. The predicted molar refractivity (Wildman–Crippen MR) is 65.1 cm³/mol. The lowest BCUT2D eigenvalue weighted by Crippen LogP contribution is -1.95. The van der Waals surface area contributed by atoms with Crippen molar-refractivity contribution in [2.45, 2.75) is 26.3 Å². The number of aryl methyl sites for hydroxylation is 3. The van der Waals surface area contributed by atoms with Gasteiger partial charge in [-0.2, -0.15) is 5.10 Å². The normalized spacial score (nSPS) is 14.1. The van der Waals surface area contributed by atoms with Crippen molar-refractivity contribution < 1.29 is 0 Å². The second kappa shape index (κ2) is 3.37. The van der Waals surface area contributed by atoms with Crippen LogP contribution in [0.15, 0.2) is 24.3 Å². The van der Waals surface area contributed by atoms with Gasteiger partial charge >= 0.3 is 0 Å². The molecule has 1 aromatic heterocycles. The van der Waals surface area contributed by atoms with E-state index in [0.717, 1.165) is 29.9 Å². The molecule has 0 unspecified atom stereocenters. The van der Waals surface area contributed by atoms with Gasteiger partial charge in [0.1, 0.15) is 0 Å². The zero-order valence-electron chi connectivity index (χ0n) is 9.40. The maximum atomic E-state index is 5.82. The first kappa shape index (κ1) is 9.46. The molecule has 0 saturated heterocycles. The van der Waals surface area contributed by atoms with Crippen LogP contribution in [0.25, 0.3) is 11.3 Å². The average molecular weight is 213 g/mol. The van der Waals surface area contributed by atoms with Crippen LogP contribution in [0.4, 0.5) is 5.69 Å². The van der Waals surface area contributed by atoms with Gasteiger partial charge < -0.3 is 5.73 Å². The van der Waals surface area contributed by atoms with Crippen LogP contribution in [0.5, 0.6) is 0 Å². The number of hydrogen-bond donors (Lipinski definition) is 1. The SMILES string of the molecule is Cc1ccc(N)cc1-c1cc2n(n1)CCC2. The molecule has 0 aliphatic carbocycles. The topological polar surface area (TPSA) is 43.8 Å². The van der Waals surface area contributed by atoms with Crippen LogP contribution in [-0.2, 0) is 13.0 Å². The molecule has 1 aromatic carbocycles. The molecule has 0 atom stereocenters. The number of anilines is 1. The molecule has 2 aromatic rings. The van der Waals surface area contributed by atoms with Gasteiger partial charge in [0.15, 0.2) is 0 Å². The standard InChI is InChI=1S/C13H15N3/c1-9-4-5-10(14)7-12(9)13-8-11-3-2-6-16(11)15-13/h4-5,7-8H,2-3,6,14H2,1H3. The summed E-state index contributed by atoms with van der Waals surface area (Å²) >= 11 is 0. The van der Waals surface area contributed by atoms with E-state index in [1.807, 2.05) is 12.1 Å². The van der Waals surface area contributed by atoms with Gasteiger partial charge in [-0.15, -0.1) is 0 Å². The van der Waals surface area contributed by atoms with Gasteiger partial charge in [-0.3, -0.25) is 4.68 Å². The smallest absolute Gasteiger partial charge is 0.0929 e. The lowest BCUT2D eigenvalue weighted by molar-refractivity contribution is 0.659. The molecule has 0 bridgehead atoms. The van der Waals surface area contributed by atoms with E-state index in [4.69, 9.17) is 5.73 Å². The summed E-state index contributed by atoms with van der Waals surface area (Å²) in [6, 6.07) is 8.18. The van der Waals surface area contributed by atoms with Crippen LogP contribution in [0.3, 0.4) is 0 Å². The summed E-state index contributed by atoms with van der Waals surface area (Å²) in [6.07, 6.45) is 2.37. The van der Waals surface area contributed by atoms with Crippen molar-refractivity contribution in [1.29, 1.82) is 0 Å². The fourth-order valence-corrected chi connectivity index (χ4v) is 2.31. The van der Waals surface area contributed by atoms with E-state index < -0.39 is 0 Å². The highest BCUT2D eigenvalue weighted by Gasteiger charge is 2.15. The van der Waals surface area contributed by atoms with Gasteiger partial charge in [0.25, 0.3) is 0 Å². The van der Waals surface area contributed by atoms with Gasteiger partial charge in [-0.25, -0.2) is 0 Å². The van der Waals surface area contributed by atoms with E-state index in [0.29, 0.717) is 0 Å². The third kappa shape index (κ3) is 1.40. The van der Waals surface area contributed by atoms with Crippen molar-refractivity contribution >= 4 is 5.69 Å². The summed E-state index contributed by atoms with van der Waals surface area (Å²) in [6.45, 7) is 3.15. The van der Waals surface area contributed by atoms with Crippen LogP contribution in [0.1, 0.15) is 17.7 Å². The molecule has 0 saturated carbocycles. The maximum Gasteiger partial charge on any atom is 0.0929 e. The van der Waals surface area contributed by atoms with E-state index in [9.17, 15) is 0 Å². The monoisotopic (exact) mass is 213 g/mol. The highest BCUT2D eigenvalue weighted by atomic mass is 15.3. The molecule has 0 amide bonds. The van der Waals surface area contributed by atoms with Crippen molar-refractivity contribution in [2.24, 2.45) is 0 Å². The largest absolute Gasteiger partial charge is 0.399 e. The molecule has 0 spiro atoms. The van der Waals surface area contributed by atoms with E-state index >= 15 is 0 Å². The van der Waals surface area contributed by atoms with Crippen LogP contribution in [-0.4, -0.2) is 9.78 Å². The lowest BCUT2D eigenvalue weighted by atomic mass is 10.0. The second-order valence-corrected chi connectivity index (χ2v) is 4.42. The minimum absolute atomic E-state index is 0.800. The van der Waals surface area contributed by atoms with Gasteiger partial charge in [0.2, 0.25) is 0 Å². The molecule has 3 heteroatoms. The Labute approximate surface area is 94.9 Å². The van der Waals surface area contributed by atoms with E-state index in [1.54, 1.807) is 0 Å². The molecule has 0 fully saturated rings. The second-order valence-electron chi connectivity index (χ2n) is 4.42. The minimum Gasteiger partial charge on any atom is -0.399 e. The van der Waals surface area contributed by atoms with Gasteiger partial charge in [-0.1, -0.05) is 6.07 Å². The molecule has 3 nitrogen and oxygen atoms in total. The Bertz CT molecular complexity index is 519. The summed E-state index contributed by atoms with van der Waals surface area (Å²) in [5.74, 6) is 0. The van der Waals surface area contributed by atoms with E-state index in [1.165, 1.54) is 17.7 Å². The molecule has 1 aliphatic rings. The molecular formula is C13H15N3. The first-order chi connectivity index (χ1) is 7.74. The zero-order chi connectivity index (χ0) is 11.1. The molecule has 1 aliphatic heterocycles. The predicted octanol–water partition coefficient (Wildman–Crippen LogP) is 2.39. The fourth-order valence-electron chi connectivity index (χ4n) is 2.31. The Morgan fingerprint density at radius 3 is 3.00 bits per heavy atom. The summed E-state index contributed by atoms with van der Waals surface area (Å²) in [5, 5.41) is 4.62. The number of nitrogen functional groups attached to an aromatic ring is 1. The molecule has 82 valence electrons. The van der Waals surface area contributed by atoms with Crippen molar-refractivity contribution in [3.8, 4) is 11.3 Å². The number of hydrogen-bond acceptors (Lipinski definition) is 2. The Balaban J connectivity index is 2.11. The van der Waals surface area contributed by atoms with Gasteiger partial charge in [-0.05, 0) is 43.5 Å². The molecule has 2 N–H and O–H groups in total. The first-order valence-electron chi connectivity index (χ1n) is 5.67. The first-order valence-corrected chi connectivity index (χ1v) is 5.67. The van der Waals surface area contributed by atoms with Crippen molar-refractivity contribution in [3.05, 3.63) is 35.5 Å². The summed E-state index contributed by atoms with van der Waals surface area (Å²) in [4.78, 5) is 0. The van der Waals surface area contributed by atoms with Gasteiger partial charge in [0.05, 0.1) is 5.69 Å². The van der Waals surface area contributed by atoms with Crippen molar-refractivity contribution in [3.63, 3.8) is 0 Å². The number of benzene rings is 1. The Hall–Kier alpha value is -1.77. The quantitative estimate of drug-likeness (QED) is 0.739. The highest BCUT2D eigenvalue weighted by molar-refractivity contribution is 5.68. The minimum atomic E-state index is 0.800. The van der Waals surface area contributed by atoms with E-state index in [2.05, 4.69) is 28.8 Å². The van der Waals surface area contributed by atoms with Crippen LogP contribution < -0.4 is 5.73 Å². The third-order valence-electron chi connectivity index (χ3n) is 3.20. The molecule has 0 radical (unpaired) electrons. The maximum absolute atomic E-state index is 5.82. The number of aromatic nitrogens is 2. The Morgan fingerprint density at radius 2 is 2.19 bits per heavy atom. The van der Waals surface area contributed by atoms with Crippen LogP contribution in [0, 0.1) is 6.92 Å². The number of nitrogens with zero attached hydrogens (tertiary/aromatic N) is 2. The molecule has 16 heavy (non-hydrogen) atoms. The Morgan fingerprint density at radius 1 is 1.31 bits per heavy atom. The highest BCUT2D eigenvalue weighted by Crippen LogP contribution is 2.27. The van der Waals surface area contributed by atoms with Crippen molar-refractivity contribution in [1.82, 2.24) is 9.78 Å². The molecular weight excluding hydrogens is 198 g/mol. The zero-order valence-corrected chi connectivity index (χ0v) is 9.40. The van der Waals surface area contributed by atoms with E-state index in [-0.39, 0.29) is 0 Å². The van der Waals surface area contributed by atoms with Gasteiger partial charge in [0, 0.05) is 23.5 Å². The van der Waals surface area contributed by atoms with Crippen molar-refractivity contribution in [2.75, 3.05) is 5.73 Å².